The predicted octanol–water partition coefficient (Wildman–Crippen LogP) is 5.51. The summed E-state index contributed by atoms with van der Waals surface area (Å²) in [5, 5.41) is 0. The fourth-order valence-corrected chi connectivity index (χ4v) is 4.92. The zero-order valence-corrected chi connectivity index (χ0v) is 20.9. The summed E-state index contributed by atoms with van der Waals surface area (Å²) in [6.07, 6.45) is 3.01. The fraction of sp³-hybridized carbons (Fsp3) is 0.267. The average Bonchev–Trinajstić information content (AvgIpc) is 3.46. The van der Waals surface area contributed by atoms with Crippen molar-refractivity contribution in [1.29, 1.82) is 0 Å². The van der Waals surface area contributed by atoms with Crippen molar-refractivity contribution < 1.29 is 18.7 Å². The molecule has 0 radical (unpaired) electrons. The number of ether oxygens (including phenoxy) is 2. The quantitative estimate of drug-likeness (QED) is 0.270. The third-order valence-corrected chi connectivity index (χ3v) is 6.73. The predicted molar refractivity (Wildman–Crippen MR) is 141 cm³/mol. The van der Waals surface area contributed by atoms with Crippen LogP contribution in [0.1, 0.15) is 29.3 Å². The number of likely N-dealkylation sites (tertiary alicyclic amines) is 1. The van der Waals surface area contributed by atoms with Crippen molar-refractivity contribution >= 4 is 16.9 Å². The van der Waals surface area contributed by atoms with Gasteiger partial charge < -0.3 is 18.9 Å². The first-order valence-corrected chi connectivity index (χ1v) is 12.4. The lowest BCUT2D eigenvalue weighted by Crippen LogP contribution is -2.24. The van der Waals surface area contributed by atoms with Crippen LogP contribution >= 0.6 is 0 Å². The largest absolute Gasteiger partial charge is 0.493 e. The summed E-state index contributed by atoms with van der Waals surface area (Å²) in [4.78, 5) is 19.6. The van der Waals surface area contributed by atoms with E-state index in [-0.39, 0.29) is 17.6 Å². The zero-order chi connectivity index (χ0) is 25.8. The van der Waals surface area contributed by atoms with Crippen LogP contribution in [0.4, 0.5) is 4.39 Å². The van der Waals surface area contributed by atoms with Gasteiger partial charge in [0.2, 0.25) is 5.91 Å². The number of imidazole rings is 1. The van der Waals surface area contributed by atoms with Gasteiger partial charge in [0.05, 0.1) is 24.7 Å². The molecule has 1 aromatic heterocycles. The first kappa shape index (κ1) is 24.6. The van der Waals surface area contributed by atoms with Crippen LogP contribution in [-0.2, 0) is 24.3 Å². The van der Waals surface area contributed by atoms with E-state index in [1.807, 2.05) is 53.4 Å². The Hall–Kier alpha value is -4.13. The third-order valence-electron chi connectivity index (χ3n) is 6.73. The van der Waals surface area contributed by atoms with Gasteiger partial charge in [-0.3, -0.25) is 4.79 Å². The Bertz CT molecular complexity index is 1410. The summed E-state index contributed by atoms with van der Waals surface area (Å²) >= 11 is 0. The first-order valence-electron chi connectivity index (χ1n) is 12.4. The van der Waals surface area contributed by atoms with Gasteiger partial charge in [-0.25, -0.2) is 9.37 Å². The highest BCUT2D eigenvalue weighted by Crippen LogP contribution is 2.32. The van der Waals surface area contributed by atoms with E-state index in [4.69, 9.17) is 14.5 Å². The van der Waals surface area contributed by atoms with Gasteiger partial charge in [-0.15, -0.1) is 6.58 Å². The number of hydrogen-bond donors (Lipinski definition) is 0. The molecule has 0 saturated carbocycles. The molecule has 37 heavy (non-hydrogen) atoms. The standard InChI is InChI=1S/C30H30FN3O3/c1-3-6-21-11-14-27(28(17-21)36-2)37-16-15-34-26-8-5-4-7-25(26)32-30(34)23-18-29(35)33(20-23)19-22-9-12-24(31)13-10-22/h3-5,7-14,17,23H,1,6,15-16,18-20H2,2H3/t23-/m1/s1. The molecule has 2 heterocycles. The van der Waals surface area contributed by atoms with Crippen LogP contribution in [-0.4, -0.2) is 40.6 Å². The smallest absolute Gasteiger partial charge is 0.223 e. The van der Waals surface area contributed by atoms with Crippen LogP contribution < -0.4 is 9.47 Å². The molecule has 3 aromatic carbocycles. The van der Waals surface area contributed by atoms with Gasteiger partial charge >= 0.3 is 0 Å². The molecule has 5 rings (SSSR count). The molecule has 0 unspecified atom stereocenters. The third kappa shape index (κ3) is 5.35. The van der Waals surface area contributed by atoms with Crippen LogP contribution in [0.15, 0.2) is 79.4 Å². The van der Waals surface area contributed by atoms with E-state index in [1.54, 1.807) is 19.2 Å². The molecule has 1 atom stereocenters. The van der Waals surface area contributed by atoms with Crippen LogP contribution in [0, 0.1) is 5.82 Å². The number of carbonyl (C=O) groups is 1. The number of amides is 1. The molecule has 1 amide bonds. The maximum absolute atomic E-state index is 13.3. The number of benzene rings is 3. The first-order chi connectivity index (χ1) is 18.1. The molecule has 1 aliphatic rings. The average molecular weight is 500 g/mol. The molecule has 0 N–H and O–H groups in total. The van der Waals surface area contributed by atoms with Crippen molar-refractivity contribution in [2.75, 3.05) is 20.3 Å². The van der Waals surface area contributed by atoms with Gasteiger partial charge in [0.25, 0.3) is 0 Å². The number of para-hydroxylation sites is 2. The number of aromatic nitrogens is 2. The van der Waals surface area contributed by atoms with E-state index < -0.39 is 0 Å². The Kier molecular flexibility index (Phi) is 7.21. The number of rotatable bonds is 10. The molecule has 4 aromatic rings. The number of allylic oxidation sites excluding steroid dienone is 1. The Morgan fingerprint density at radius 2 is 1.86 bits per heavy atom. The molecule has 6 nitrogen and oxygen atoms in total. The number of halogens is 1. The fourth-order valence-electron chi connectivity index (χ4n) is 4.92. The lowest BCUT2D eigenvalue weighted by molar-refractivity contribution is -0.128. The monoisotopic (exact) mass is 499 g/mol. The Morgan fingerprint density at radius 3 is 2.65 bits per heavy atom. The molecular weight excluding hydrogens is 469 g/mol. The molecular formula is C30H30FN3O3. The lowest BCUT2D eigenvalue weighted by Gasteiger charge is -2.18. The van der Waals surface area contributed by atoms with Gasteiger partial charge in [-0.2, -0.15) is 0 Å². The molecule has 7 heteroatoms. The van der Waals surface area contributed by atoms with Gasteiger partial charge in [0, 0.05) is 25.4 Å². The van der Waals surface area contributed by atoms with Gasteiger partial charge in [-0.1, -0.05) is 36.4 Å². The molecule has 190 valence electrons. The number of nitrogens with zero attached hydrogens (tertiary/aromatic N) is 3. The topological polar surface area (TPSA) is 56.6 Å². The second kappa shape index (κ2) is 10.9. The van der Waals surface area contributed by atoms with Crippen LogP contribution in [0.3, 0.4) is 0 Å². The molecule has 0 aliphatic carbocycles. The SMILES string of the molecule is C=CCc1ccc(OCCn2c([C@@H]3CC(=O)N(Cc4ccc(F)cc4)C3)nc3ccccc32)c(OC)c1. The summed E-state index contributed by atoms with van der Waals surface area (Å²) < 4.78 is 27.1. The van der Waals surface area contributed by atoms with Gasteiger partial charge in [-0.05, 0) is 53.9 Å². The van der Waals surface area contributed by atoms with E-state index in [0.29, 0.717) is 44.2 Å². The zero-order valence-electron chi connectivity index (χ0n) is 20.9. The second-order valence-corrected chi connectivity index (χ2v) is 9.24. The minimum atomic E-state index is -0.282. The lowest BCUT2D eigenvalue weighted by atomic mass is 10.1. The van der Waals surface area contributed by atoms with Crippen LogP contribution in [0.5, 0.6) is 11.5 Å². The maximum atomic E-state index is 13.3. The minimum absolute atomic E-state index is 0.0342. The van der Waals surface area contributed by atoms with E-state index in [2.05, 4.69) is 11.1 Å². The van der Waals surface area contributed by atoms with Crippen molar-refractivity contribution in [1.82, 2.24) is 14.5 Å². The van der Waals surface area contributed by atoms with Crippen molar-refractivity contribution in [2.45, 2.75) is 31.8 Å². The van der Waals surface area contributed by atoms with Crippen LogP contribution in [0.25, 0.3) is 11.0 Å². The van der Waals surface area contributed by atoms with Crippen molar-refractivity contribution in [2.24, 2.45) is 0 Å². The Morgan fingerprint density at radius 1 is 1.08 bits per heavy atom. The second-order valence-electron chi connectivity index (χ2n) is 9.24. The maximum Gasteiger partial charge on any atom is 0.223 e. The highest BCUT2D eigenvalue weighted by Gasteiger charge is 2.34. The normalized spacial score (nSPS) is 15.4. The summed E-state index contributed by atoms with van der Waals surface area (Å²) in [5.74, 6) is 2.01. The highest BCUT2D eigenvalue weighted by atomic mass is 19.1. The summed E-state index contributed by atoms with van der Waals surface area (Å²) in [7, 11) is 1.64. The van der Waals surface area contributed by atoms with E-state index in [9.17, 15) is 9.18 Å². The highest BCUT2D eigenvalue weighted by molar-refractivity contribution is 5.81. The van der Waals surface area contributed by atoms with Crippen LogP contribution in [0.2, 0.25) is 0 Å². The van der Waals surface area contributed by atoms with Crippen molar-refractivity contribution in [3.05, 3.63) is 102 Å². The summed E-state index contributed by atoms with van der Waals surface area (Å²) in [6.45, 7) is 5.82. The number of methoxy groups -OCH3 is 1. The Balaban J connectivity index is 1.33. The van der Waals surface area contributed by atoms with E-state index >= 15 is 0 Å². The van der Waals surface area contributed by atoms with E-state index in [1.165, 1.54) is 12.1 Å². The molecule has 1 aliphatic heterocycles. The van der Waals surface area contributed by atoms with Crippen molar-refractivity contribution in [3.8, 4) is 11.5 Å². The minimum Gasteiger partial charge on any atom is -0.493 e. The molecule has 0 spiro atoms. The number of fused-ring (bicyclic) bond motifs is 1. The van der Waals surface area contributed by atoms with Gasteiger partial charge in [0.1, 0.15) is 18.2 Å². The number of carbonyl (C=O) groups excluding carboxylic acids is 1. The summed E-state index contributed by atoms with van der Waals surface area (Å²) in [5.41, 5.74) is 3.93. The molecule has 0 bridgehead atoms. The molecule has 1 saturated heterocycles. The summed E-state index contributed by atoms with van der Waals surface area (Å²) in [6, 6.07) is 20.2. The van der Waals surface area contributed by atoms with E-state index in [0.717, 1.165) is 34.4 Å². The van der Waals surface area contributed by atoms with Gasteiger partial charge in [0.15, 0.2) is 11.5 Å². The number of hydrogen-bond acceptors (Lipinski definition) is 4. The Labute approximate surface area is 215 Å². The van der Waals surface area contributed by atoms with Crippen molar-refractivity contribution in [3.63, 3.8) is 0 Å². The molecule has 1 fully saturated rings.